The highest BCUT2D eigenvalue weighted by atomic mass is 32.2. The molecule has 0 radical (unpaired) electrons. The van der Waals surface area contributed by atoms with Gasteiger partial charge in [0.1, 0.15) is 5.75 Å². The van der Waals surface area contributed by atoms with Crippen molar-refractivity contribution in [2.75, 3.05) is 12.4 Å². The first-order chi connectivity index (χ1) is 13.8. The van der Waals surface area contributed by atoms with Gasteiger partial charge in [-0.3, -0.25) is 14.2 Å². The van der Waals surface area contributed by atoms with Crippen LogP contribution in [0.5, 0.6) is 5.75 Å². The van der Waals surface area contributed by atoms with Crippen LogP contribution in [0.4, 0.5) is 0 Å². The molecule has 6 nitrogen and oxygen atoms in total. The molecule has 0 spiro atoms. The third kappa shape index (κ3) is 4.98. The van der Waals surface area contributed by atoms with Crippen molar-refractivity contribution in [3.8, 4) is 11.4 Å². The van der Waals surface area contributed by atoms with Gasteiger partial charge in [-0.05, 0) is 52.0 Å². The zero-order valence-corrected chi connectivity index (χ0v) is 17.9. The Morgan fingerprint density at radius 2 is 1.83 bits per heavy atom. The fraction of sp³-hybridized carbons (Fsp3) is 0.318. The molecule has 1 N–H and O–H groups in total. The summed E-state index contributed by atoms with van der Waals surface area (Å²) < 4.78 is 7.26. The maximum absolute atomic E-state index is 13.3. The molecule has 29 heavy (non-hydrogen) atoms. The van der Waals surface area contributed by atoms with Crippen LogP contribution in [0.15, 0.2) is 58.5 Å². The number of carbonyl (C=O) groups is 1. The minimum absolute atomic E-state index is 0.116. The summed E-state index contributed by atoms with van der Waals surface area (Å²) in [5.74, 6) is 0.628. The average molecular weight is 412 g/mol. The number of ether oxygens (including phenoxy) is 1. The summed E-state index contributed by atoms with van der Waals surface area (Å²) in [4.78, 5) is 30.3. The van der Waals surface area contributed by atoms with Gasteiger partial charge in [0.25, 0.3) is 5.56 Å². The standard InChI is InChI=1S/C22H25N3O3S/c1-5-28-18-13-9-8-12-17(18)25-20(27)15-10-6-7-11-16(15)23-21(25)29-14-19(26)24-22(2,3)4/h6-13H,5,14H2,1-4H3,(H,24,26). The Balaban J connectivity index is 2.10. The van der Waals surface area contributed by atoms with Crippen molar-refractivity contribution in [2.24, 2.45) is 0 Å². The number of rotatable bonds is 6. The van der Waals surface area contributed by atoms with E-state index in [0.717, 1.165) is 0 Å². The van der Waals surface area contributed by atoms with Crippen LogP contribution in [0.3, 0.4) is 0 Å². The van der Waals surface area contributed by atoms with Crippen molar-refractivity contribution in [3.05, 3.63) is 58.9 Å². The van der Waals surface area contributed by atoms with Crippen LogP contribution >= 0.6 is 11.8 Å². The van der Waals surface area contributed by atoms with Crippen molar-refractivity contribution < 1.29 is 9.53 Å². The van der Waals surface area contributed by atoms with Gasteiger partial charge in [0, 0.05) is 5.54 Å². The van der Waals surface area contributed by atoms with E-state index in [4.69, 9.17) is 4.74 Å². The molecule has 0 saturated carbocycles. The van der Waals surface area contributed by atoms with Crippen molar-refractivity contribution in [2.45, 2.75) is 38.4 Å². The number of amides is 1. The molecule has 2 aromatic carbocycles. The molecule has 0 aliphatic heterocycles. The first kappa shape index (κ1) is 20.9. The smallest absolute Gasteiger partial charge is 0.266 e. The minimum Gasteiger partial charge on any atom is -0.492 e. The lowest BCUT2D eigenvalue weighted by atomic mass is 10.1. The summed E-state index contributed by atoms with van der Waals surface area (Å²) in [7, 11) is 0. The van der Waals surface area contributed by atoms with Gasteiger partial charge in [0.15, 0.2) is 5.16 Å². The van der Waals surface area contributed by atoms with Crippen LogP contribution in [0.25, 0.3) is 16.6 Å². The van der Waals surface area contributed by atoms with Gasteiger partial charge < -0.3 is 10.1 Å². The predicted molar refractivity (Wildman–Crippen MR) is 117 cm³/mol. The number of benzene rings is 2. The SMILES string of the molecule is CCOc1ccccc1-n1c(SCC(=O)NC(C)(C)C)nc2ccccc2c1=O. The monoisotopic (exact) mass is 411 g/mol. The summed E-state index contributed by atoms with van der Waals surface area (Å²) in [6.07, 6.45) is 0. The average Bonchev–Trinajstić information content (AvgIpc) is 2.66. The Morgan fingerprint density at radius 1 is 1.14 bits per heavy atom. The molecule has 1 heterocycles. The first-order valence-corrected chi connectivity index (χ1v) is 10.5. The van der Waals surface area contributed by atoms with Gasteiger partial charge in [0.2, 0.25) is 5.91 Å². The van der Waals surface area contributed by atoms with E-state index in [2.05, 4.69) is 10.3 Å². The Kier molecular flexibility index (Phi) is 6.27. The van der Waals surface area contributed by atoms with Gasteiger partial charge in [-0.1, -0.05) is 36.0 Å². The van der Waals surface area contributed by atoms with Crippen molar-refractivity contribution in [3.63, 3.8) is 0 Å². The Bertz CT molecular complexity index is 1090. The number of fused-ring (bicyclic) bond motifs is 1. The lowest BCUT2D eigenvalue weighted by Crippen LogP contribution is -2.41. The summed E-state index contributed by atoms with van der Waals surface area (Å²) in [6.45, 7) is 8.15. The molecule has 0 fully saturated rings. The number of hydrogen-bond acceptors (Lipinski definition) is 5. The van der Waals surface area contributed by atoms with Gasteiger partial charge >= 0.3 is 0 Å². The molecule has 152 valence electrons. The van der Waals surface area contributed by atoms with E-state index in [0.29, 0.717) is 34.1 Å². The van der Waals surface area contributed by atoms with Crippen LogP contribution in [-0.4, -0.2) is 33.4 Å². The molecule has 0 bridgehead atoms. The van der Waals surface area contributed by atoms with Crippen LogP contribution in [-0.2, 0) is 4.79 Å². The van der Waals surface area contributed by atoms with Crippen LogP contribution < -0.4 is 15.6 Å². The Morgan fingerprint density at radius 3 is 2.55 bits per heavy atom. The minimum atomic E-state index is -0.324. The lowest BCUT2D eigenvalue weighted by Gasteiger charge is -2.20. The molecule has 0 unspecified atom stereocenters. The number of aromatic nitrogens is 2. The number of hydrogen-bond donors (Lipinski definition) is 1. The highest BCUT2D eigenvalue weighted by molar-refractivity contribution is 7.99. The number of para-hydroxylation sites is 3. The predicted octanol–water partition coefficient (Wildman–Crippen LogP) is 3.79. The van der Waals surface area contributed by atoms with Crippen molar-refractivity contribution >= 4 is 28.6 Å². The largest absolute Gasteiger partial charge is 0.492 e. The van der Waals surface area contributed by atoms with E-state index < -0.39 is 0 Å². The Labute approximate surface area is 174 Å². The zero-order chi connectivity index (χ0) is 21.0. The normalized spacial score (nSPS) is 11.4. The molecule has 0 aliphatic carbocycles. The molecule has 3 aromatic rings. The number of carbonyl (C=O) groups excluding carboxylic acids is 1. The molecule has 0 saturated heterocycles. The van der Waals surface area contributed by atoms with E-state index in [1.54, 1.807) is 12.1 Å². The molecule has 1 aromatic heterocycles. The number of nitrogens with zero attached hydrogens (tertiary/aromatic N) is 2. The molecule has 0 atom stereocenters. The third-order valence-electron chi connectivity index (χ3n) is 4.00. The third-order valence-corrected chi connectivity index (χ3v) is 4.94. The molecule has 1 amide bonds. The van der Waals surface area contributed by atoms with Crippen LogP contribution in [0, 0.1) is 0 Å². The van der Waals surface area contributed by atoms with E-state index in [1.165, 1.54) is 16.3 Å². The van der Waals surface area contributed by atoms with Gasteiger partial charge in [-0.15, -0.1) is 0 Å². The maximum atomic E-state index is 13.3. The quantitative estimate of drug-likeness (QED) is 0.493. The molecular weight excluding hydrogens is 386 g/mol. The van der Waals surface area contributed by atoms with Crippen molar-refractivity contribution in [1.29, 1.82) is 0 Å². The molecule has 0 aliphatic rings. The summed E-state index contributed by atoms with van der Waals surface area (Å²) >= 11 is 1.23. The summed E-state index contributed by atoms with van der Waals surface area (Å²) in [6, 6.07) is 14.6. The second-order valence-electron chi connectivity index (χ2n) is 7.54. The van der Waals surface area contributed by atoms with Crippen LogP contribution in [0.2, 0.25) is 0 Å². The Hall–Kier alpha value is -2.80. The highest BCUT2D eigenvalue weighted by Crippen LogP contribution is 2.27. The fourth-order valence-electron chi connectivity index (χ4n) is 2.93. The van der Waals surface area contributed by atoms with E-state index in [1.807, 2.05) is 64.1 Å². The van der Waals surface area contributed by atoms with E-state index in [-0.39, 0.29) is 22.8 Å². The molecular formula is C22H25N3O3S. The molecule has 3 rings (SSSR count). The van der Waals surface area contributed by atoms with E-state index in [9.17, 15) is 9.59 Å². The second kappa shape index (κ2) is 8.69. The van der Waals surface area contributed by atoms with Gasteiger partial charge in [-0.2, -0.15) is 0 Å². The summed E-state index contributed by atoms with van der Waals surface area (Å²) in [5, 5.41) is 3.90. The summed E-state index contributed by atoms with van der Waals surface area (Å²) in [5.41, 5.74) is 0.689. The number of thioether (sulfide) groups is 1. The first-order valence-electron chi connectivity index (χ1n) is 9.48. The van der Waals surface area contributed by atoms with Crippen molar-refractivity contribution in [1.82, 2.24) is 14.9 Å². The lowest BCUT2D eigenvalue weighted by molar-refractivity contribution is -0.119. The van der Waals surface area contributed by atoms with Gasteiger partial charge in [0.05, 0.1) is 29.0 Å². The molecule has 7 heteroatoms. The van der Waals surface area contributed by atoms with E-state index >= 15 is 0 Å². The zero-order valence-electron chi connectivity index (χ0n) is 17.1. The van der Waals surface area contributed by atoms with Gasteiger partial charge in [-0.25, -0.2) is 4.98 Å². The second-order valence-corrected chi connectivity index (χ2v) is 8.48. The van der Waals surface area contributed by atoms with Crippen LogP contribution in [0.1, 0.15) is 27.7 Å². The number of nitrogens with one attached hydrogen (secondary N) is 1. The highest BCUT2D eigenvalue weighted by Gasteiger charge is 2.19. The topological polar surface area (TPSA) is 73.2 Å². The fourth-order valence-corrected chi connectivity index (χ4v) is 3.73. The maximum Gasteiger partial charge on any atom is 0.266 e.